The van der Waals surface area contributed by atoms with Crippen molar-refractivity contribution in [3.63, 3.8) is 0 Å². The van der Waals surface area contributed by atoms with Crippen molar-refractivity contribution in [2.24, 2.45) is 0 Å². The Hall–Kier alpha value is -2.42. The summed E-state index contributed by atoms with van der Waals surface area (Å²) in [6, 6.07) is 17.3. The van der Waals surface area contributed by atoms with Crippen molar-refractivity contribution in [3.8, 4) is 5.69 Å². The van der Waals surface area contributed by atoms with Gasteiger partial charge >= 0.3 is 0 Å². The highest BCUT2D eigenvalue weighted by Crippen LogP contribution is 2.19. The molecule has 0 atom stereocenters. The fourth-order valence-electron chi connectivity index (χ4n) is 1.93. The molecule has 0 saturated heterocycles. The molecule has 3 nitrogen and oxygen atoms in total. The Balaban J connectivity index is 2.33. The van der Waals surface area contributed by atoms with Gasteiger partial charge < -0.3 is 0 Å². The second kappa shape index (κ2) is 3.87. The summed E-state index contributed by atoms with van der Waals surface area (Å²) in [4.78, 5) is 11.2. The molecule has 0 N–H and O–H groups in total. The van der Waals surface area contributed by atoms with Crippen LogP contribution in [0.25, 0.3) is 16.6 Å². The standard InChI is InChI=1S/C14H10N2O/c17-10-14-12-8-4-5-9-13(12)15-16(14)11-6-2-1-3-7-11/h1-10H. The van der Waals surface area contributed by atoms with Crippen LogP contribution in [0.5, 0.6) is 0 Å². The normalized spacial score (nSPS) is 10.6. The van der Waals surface area contributed by atoms with E-state index in [1.807, 2.05) is 54.6 Å². The van der Waals surface area contributed by atoms with Crippen LogP contribution in [0.2, 0.25) is 0 Å². The molecule has 3 rings (SSSR count). The third kappa shape index (κ3) is 1.52. The van der Waals surface area contributed by atoms with Gasteiger partial charge in [0.05, 0.1) is 11.2 Å². The van der Waals surface area contributed by atoms with E-state index in [4.69, 9.17) is 0 Å². The van der Waals surface area contributed by atoms with E-state index in [0.717, 1.165) is 22.9 Å². The Morgan fingerprint density at radius 1 is 0.941 bits per heavy atom. The Morgan fingerprint density at radius 3 is 2.41 bits per heavy atom. The zero-order valence-electron chi connectivity index (χ0n) is 9.08. The maximum atomic E-state index is 11.2. The van der Waals surface area contributed by atoms with Gasteiger partial charge in [0.25, 0.3) is 0 Å². The number of carbonyl (C=O) groups is 1. The quantitative estimate of drug-likeness (QED) is 0.625. The number of rotatable bonds is 2. The van der Waals surface area contributed by atoms with Crippen molar-refractivity contribution in [3.05, 3.63) is 60.3 Å². The molecule has 0 aliphatic rings. The lowest BCUT2D eigenvalue weighted by molar-refractivity contribution is 0.111. The molecule has 17 heavy (non-hydrogen) atoms. The topological polar surface area (TPSA) is 34.9 Å². The SMILES string of the molecule is O=Cc1c2ccccc2nn1-c1ccccc1. The monoisotopic (exact) mass is 222 g/mol. The molecule has 1 heterocycles. The van der Waals surface area contributed by atoms with Crippen molar-refractivity contribution in [2.45, 2.75) is 0 Å². The number of nitrogens with zero attached hydrogens (tertiary/aromatic N) is 2. The molecule has 0 fully saturated rings. The summed E-state index contributed by atoms with van der Waals surface area (Å²) < 4.78 is 1.68. The minimum atomic E-state index is 0.590. The van der Waals surface area contributed by atoms with Gasteiger partial charge in [-0.1, -0.05) is 36.4 Å². The Kier molecular flexibility index (Phi) is 2.22. The van der Waals surface area contributed by atoms with Crippen molar-refractivity contribution in [1.29, 1.82) is 0 Å². The first kappa shape index (κ1) is 9.78. The molecular weight excluding hydrogens is 212 g/mol. The summed E-state index contributed by atoms with van der Waals surface area (Å²) in [5, 5.41) is 5.32. The first-order chi connectivity index (χ1) is 8.40. The molecule has 0 spiro atoms. The molecule has 0 saturated carbocycles. The van der Waals surface area contributed by atoms with Crippen LogP contribution in [-0.4, -0.2) is 16.1 Å². The second-order valence-corrected chi connectivity index (χ2v) is 3.77. The van der Waals surface area contributed by atoms with Gasteiger partial charge in [-0.3, -0.25) is 4.79 Å². The van der Waals surface area contributed by atoms with Gasteiger partial charge in [-0.25, -0.2) is 4.68 Å². The third-order valence-electron chi connectivity index (χ3n) is 2.73. The number of aldehydes is 1. The highest BCUT2D eigenvalue weighted by Gasteiger charge is 2.10. The van der Waals surface area contributed by atoms with E-state index in [1.165, 1.54) is 0 Å². The van der Waals surface area contributed by atoms with Gasteiger partial charge in [-0.05, 0) is 18.2 Å². The molecule has 0 amide bonds. The lowest BCUT2D eigenvalue weighted by Crippen LogP contribution is -2.00. The molecule has 0 radical (unpaired) electrons. The molecule has 3 heteroatoms. The first-order valence-electron chi connectivity index (χ1n) is 5.38. The van der Waals surface area contributed by atoms with Crippen molar-refractivity contribution < 1.29 is 4.79 Å². The van der Waals surface area contributed by atoms with Crippen LogP contribution in [-0.2, 0) is 0 Å². The molecular formula is C14H10N2O. The summed E-state index contributed by atoms with van der Waals surface area (Å²) in [7, 11) is 0. The zero-order valence-corrected chi connectivity index (χ0v) is 9.08. The van der Waals surface area contributed by atoms with Crippen LogP contribution in [0.3, 0.4) is 0 Å². The average Bonchev–Trinajstić information content (AvgIpc) is 2.78. The summed E-state index contributed by atoms with van der Waals surface area (Å²) in [5.41, 5.74) is 2.32. The third-order valence-corrected chi connectivity index (χ3v) is 2.73. The smallest absolute Gasteiger partial charge is 0.169 e. The van der Waals surface area contributed by atoms with Crippen LogP contribution < -0.4 is 0 Å². The number of fused-ring (bicyclic) bond motifs is 1. The minimum absolute atomic E-state index is 0.590. The number of carbonyl (C=O) groups excluding carboxylic acids is 1. The minimum Gasteiger partial charge on any atom is -0.296 e. The van der Waals surface area contributed by atoms with Gasteiger partial charge in [0.1, 0.15) is 5.69 Å². The predicted octanol–water partition coefficient (Wildman–Crippen LogP) is 2.84. The van der Waals surface area contributed by atoms with Gasteiger partial charge in [-0.2, -0.15) is 5.10 Å². The number of para-hydroxylation sites is 1. The van der Waals surface area contributed by atoms with Crippen LogP contribution in [0.15, 0.2) is 54.6 Å². The van der Waals surface area contributed by atoms with Gasteiger partial charge in [0, 0.05) is 5.39 Å². The highest BCUT2D eigenvalue weighted by atomic mass is 16.1. The predicted molar refractivity (Wildman–Crippen MR) is 66.5 cm³/mol. The van der Waals surface area contributed by atoms with Crippen LogP contribution in [0, 0.1) is 0 Å². The van der Waals surface area contributed by atoms with Crippen molar-refractivity contribution in [2.75, 3.05) is 0 Å². The molecule has 0 aliphatic heterocycles. The highest BCUT2D eigenvalue weighted by molar-refractivity contribution is 5.95. The summed E-state index contributed by atoms with van der Waals surface area (Å²) in [5.74, 6) is 0. The van der Waals surface area contributed by atoms with Crippen LogP contribution in [0.4, 0.5) is 0 Å². The molecule has 1 aromatic heterocycles. The Labute approximate surface area is 98.3 Å². The fraction of sp³-hybridized carbons (Fsp3) is 0. The van der Waals surface area contributed by atoms with E-state index in [2.05, 4.69) is 5.10 Å². The molecule has 0 aliphatic carbocycles. The molecule has 0 bridgehead atoms. The van der Waals surface area contributed by atoms with Crippen LogP contribution >= 0.6 is 0 Å². The molecule has 3 aromatic rings. The Bertz CT molecular complexity index is 671. The van der Waals surface area contributed by atoms with Gasteiger partial charge in [-0.15, -0.1) is 0 Å². The van der Waals surface area contributed by atoms with E-state index in [0.29, 0.717) is 5.69 Å². The first-order valence-corrected chi connectivity index (χ1v) is 5.38. The second-order valence-electron chi connectivity index (χ2n) is 3.77. The van der Waals surface area contributed by atoms with E-state index in [1.54, 1.807) is 4.68 Å². The Morgan fingerprint density at radius 2 is 1.65 bits per heavy atom. The van der Waals surface area contributed by atoms with E-state index >= 15 is 0 Å². The van der Waals surface area contributed by atoms with Gasteiger partial charge in [0.15, 0.2) is 6.29 Å². The summed E-state index contributed by atoms with van der Waals surface area (Å²) in [6.07, 6.45) is 0.850. The number of aromatic nitrogens is 2. The van der Waals surface area contributed by atoms with Crippen molar-refractivity contribution in [1.82, 2.24) is 9.78 Å². The number of hydrogen-bond acceptors (Lipinski definition) is 2. The summed E-state index contributed by atoms with van der Waals surface area (Å²) in [6.45, 7) is 0. The van der Waals surface area contributed by atoms with Gasteiger partial charge in [0.2, 0.25) is 0 Å². The van der Waals surface area contributed by atoms with Crippen LogP contribution in [0.1, 0.15) is 10.5 Å². The lowest BCUT2D eigenvalue weighted by Gasteiger charge is -2.01. The lowest BCUT2D eigenvalue weighted by atomic mass is 10.2. The largest absolute Gasteiger partial charge is 0.296 e. The van der Waals surface area contributed by atoms with E-state index in [9.17, 15) is 4.79 Å². The summed E-state index contributed by atoms with van der Waals surface area (Å²) >= 11 is 0. The zero-order chi connectivity index (χ0) is 11.7. The molecule has 0 unspecified atom stereocenters. The maximum absolute atomic E-state index is 11.2. The maximum Gasteiger partial charge on any atom is 0.169 e. The average molecular weight is 222 g/mol. The number of benzene rings is 2. The molecule has 82 valence electrons. The van der Waals surface area contributed by atoms with E-state index in [-0.39, 0.29) is 0 Å². The van der Waals surface area contributed by atoms with Crippen molar-refractivity contribution >= 4 is 17.2 Å². The molecule has 2 aromatic carbocycles. The fourth-order valence-corrected chi connectivity index (χ4v) is 1.93. The van der Waals surface area contributed by atoms with E-state index < -0.39 is 0 Å². The number of hydrogen-bond donors (Lipinski definition) is 0.